The number of rotatable bonds is 7. The lowest BCUT2D eigenvalue weighted by Gasteiger charge is -2.31. The highest BCUT2D eigenvalue weighted by atomic mass is 35.5. The largest absolute Gasteiger partial charge is 0.493 e. The molecule has 0 spiro atoms. The summed E-state index contributed by atoms with van der Waals surface area (Å²) in [4.78, 5) is 21.4. The van der Waals surface area contributed by atoms with Gasteiger partial charge in [0.25, 0.3) is 5.91 Å². The zero-order valence-electron chi connectivity index (χ0n) is 20.6. The number of carbonyl (C=O) groups excluding carboxylic acids is 1. The van der Waals surface area contributed by atoms with E-state index in [1.54, 1.807) is 7.11 Å². The standard InChI is InChI=1S/C27H37ClN2O3S/c1-4-18(2)33-25-22(28)15-19(16-23(25)32-3)17-24-26(31)30(21-13-9-6-10-14-21)27(34-24)29-20-11-7-5-8-12-20/h15-18,20-21H,4-14H2,1-3H3/b24-17-,29-27?/t18-/m0/s1. The normalized spacial score (nSPS) is 23.6. The number of aliphatic imine (C=N–C) groups is 1. The number of hydrogen-bond donors (Lipinski definition) is 0. The van der Waals surface area contributed by atoms with E-state index in [0.29, 0.717) is 27.5 Å². The summed E-state index contributed by atoms with van der Waals surface area (Å²) in [7, 11) is 1.61. The monoisotopic (exact) mass is 504 g/mol. The number of methoxy groups -OCH3 is 1. The highest BCUT2D eigenvalue weighted by molar-refractivity contribution is 8.18. The molecule has 0 aromatic heterocycles. The van der Waals surface area contributed by atoms with E-state index < -0.39 is 0 Å². The smallest absolute Gasteiger partial charge is 0.266 e. The predicted molar refractivity (Wildman–Crippen MR) is 142 cm³/mol. The number of amides is 1. The van der Waals surface area contributed by atoms with Crippen LogP contribution in [0.3, 0.4) is 0 Å². The number of halogens is 1. The van der Waals surface area contributed by atoms with E-state index in [1.165, 1.54) is 50.3 Å². The highest BCUT2D eigenvalue weighted by Crippen LogP contribution is 2.41. The molecule has 7 heteroatoms. The van der Waals surface area contributed by atoms with E-state index in [-0.39, 0.29) is 18.1 Å². The van der Waals surface area contributed by atoms with E-state index in [0.717, 1.165) is 42.8 Å². The number of benzene rings is 1. The number of ether oxygens (including phenoxy) is 2. The fraction of sp³-hybridized carbons (Fsp3) is 0.630. The molecule has 1 aliphatic heterocycles. The third kappa shape index (κ3) is 5.93. The van der Waals surface area contributed by atoms with Gasteiger partial charge < -0.3 is 9.47 Å². The summed E-state index contributed by atoms with van der Waals surface area (Å²) in [6.45, 7) is 4.07. The Balaban J connectivity index is 1.64. The first kappa shape index (κ1) is 25.4. The fourth-order valence-electron chi connectivity index (χ4n) is 4.98. The Morgan fingerprint density at radius 3 is 2.47 bits per heavy atom. The van der Waals surface area contributed by atoms with Gasteiger partial charge in [0.15, 0.2) is 16.7 Å². The molecule has 1 heterocycles. The third-order valence-electron chi connectivity index (χ3n) is 7.09. The SMILES string of the molecule is CC[C@H](C)Oc1c(Cl)cc(/C=C2\SC(=NC3CCCCC3)N(C3CCCCC3)C2=O)cc1OC. The zero-order chi connectivity index (χ0) is 24.1. The molecule has 3 aliphatic rings. The van der Waals surface area contributed by atoms with Crippen LogP contribution in [0.15, 0.2) is 22.0 Å². The van der Waals surface area contributed by atoms with Crippen LogP contribution in [0.4, 0.5) is 0 Å². The molecule has 2 saturated carbocycles. The number of nitrogens with zero attached hydrogens (tertiary/aromatic N) is 2. The van der Waals surface area contributed by atoms with Gasteiger partial charge in [-0.15, -0.1) is 0 Å². The minimum atomic E-state index is 0.0326. The van der Waals surface area contributed by atoms with E-state index in [4.69, 9.17) is 26.1 Å². The van der Waals surface area contributed by atoms with Crippen molar-refractivity contribution in [2.75, 3.05) is 7.11 Å². The van der Waals surface area contributed by atoms with E-state index >= 15 is 0 Å². The molecule has 0 radical (unpaired) electrons. The van der Waals surface area contributed by atoms with Crippen molar-refractivity contribution in [3.63, 3.8) is 0 Å². The van der Waals surface area contributed by atoms with E-state index in [2.05, 4.69) is 6.92 Å². The van der Waals surface area contributed by atoms with E-state index in [1.807, 2.05) is 30.0 Å². The van der Waals surface area contributed by atoms with Crippen molar-refractivity contribution in [1.29, 1.82) is 0 Å². The zero-order valence-corrected chi connectivity index (χ0v) is 22.2. The second-order valence-corrected chi connectivity index (χ2v) is 11.1. The summed E-state index contributed by atoms with van der Waals surface area (Å²) < 4.78 is 11.6. The average molecular weight is 505 g/mol. The third-order valence-corrected chi connectivity index (χ3v) is 8.37. The summed E-state index contributed by atoms with van der Waals surface area (Å²) in [5.74, 6) is 1.20. The average Bonchev–Trinajstić information content (AvgIpc) is 3.15. The van der Waals surface area contributed by atoms with Crippen LogP contribution < -0.4 is 9.47 Å². The second-order valence-electron chi connectivity index (χ2n) is 9.65. The Labute approximate surface area is 213 Å². The first-order chi connectivity index (χ1) is 16.5. The van der Waals surface area contributed by atoms with Crippen LogP contribution in [-0.2, 0) is 4.79 Å². The van der Waals surface area contributed by atoms with Crippen molar-refractivity contribution in [2.45, 2.75) is 103 Å². The maximum Gasteiger partial charge on any atom is 0.266 e. The quantitative estimate of drug-likeness (QED) is 0.361. The minimum absolute atomic E-state index is 0.0326. The van der Waals surface area contributed by atoms with Crippen molar-refractivity contribution in [3.8, 4) is 11.5 Å². The van der Waals surface area contributed by atoms with Crippen LogP contribution in [0.1, 0.15) is 90.0 Å². The highest BCUT2D eigenvalue weighted by Gasteiger charge is 2.39. The molecule has 1 amide bonds. The molecule has 1 aromatic rings. The molecule has 5 nitrogen and oxygen atoms in total. The Morgan fingerprint density at radius 1 is 1.15 bits per heavy atom. The van der Waals surface area contributed by atoms with Gasteiger partial charge in [-0.2, -0.15) is 0 Å². The van der Waals surface area contributed by atoms with Gasteiger partial charge in [-0.1, -0.05) is 57.0 Å². The molecule has 1 aromatic carbocycles. The van der Waals surface area contributed by atoms with E-state index in [9.17, 15) is 4.79 Å². The summed E-state index contributed by atoms with van der Waals surface area (Å²) >= 11 is 8.10. The Kier molecular flexibility index (Phi) is 8.86. The van der Waals surface area contributed by atoms with Crippen LogP contribution in [-0.4, -0.2) is 41.3 Å². The summed E-state index contributed by atoms with van der Waals surface area (Å²) in [5.41, 5.74) is 0.830. The Morgan fingerprint density at radius 2 is 1.82 bits per heavy atom. The molecule has 2 aliphatic carbocycles. The molecular formula is C27H37ClN2O3S. The molecular weight excluding hydrogens is 468 g/mol. The number of carbonyl (C=O) groups is 1. The van der Waals surface area contributed by atoms with Gasteiger partial charge in [-0.05, 0) is 74.6 Å². The van der Waals surface area contributed by atoms with Crippen LogP contribution in [0.2, 0.25) is 5.02 Å². The summed E-state index contributed by atoms with van der Waals surface area (Å²) in [5, 5.41) is 1.38. The summed E-state index contributed by atoms with van der Waals surface area (Å²) in [6, 6.07) is 4.34. The van der Waals surface area contributed by atoms with Gasteiger partial charge in [0, 0.05) is 6.04 Å². The van der Waals surface area contributed by atoms with Crippen molar-refractivity contribution >= 4 is 40.5 Å². The van der Waals surface area contributed by atoms with Crippen molar-refractivity contribution in [3.05, 3.63) is 27.6 Å². The van der Waals surface area contributed by atoms with Crippen molar-refractivity contribution in [2.24, 2.45) is 4.99 Å². The number of amidine groups is 1. The lowest BCUT2D eigenvalue weighted by molar-refractivity contribution is -0.124. The topological polar surface area (TPSA) is 51.1 Å². The van der Waals surface area contributed by atoms with Crippen LogP contribution in [0, 0.1) is 0 Å². The van der Waals surface area contributed by atoms with Crippen LogP contribution in [0.5, 0.6) is 11.5 Å². The maximum atomic E-state index is 13.6. The number of hydrogen-bond acceptors (Lipinski definition) is 5. The Bertz CT molecular complexity index is 936. The lowest BCUT2D eigenvalue weighted by atomic mass is 9.94. The van der Waals surface area contributed by atoms with Crippen molar-refractivity contribution in [1.82, 2.24) is 4.90 Å². The molecule has 186 valence electrons. The van der Waals surface area contributed by atoms with Crippen LogP contribution in [0.25, 0.3) is 6.08 Å². The lowest BCUT2D eigenvalue weighted by Crippen LogP contribution is -2.41. The molecule has 3 fully saturated rings. The Hall–Kier alpha value is -1.66. The van der Waals surface area contributed by atoms with Gasteiger partial charge in [0.2, 0.25) is 0 Å². The first-order valence-electron chi connectivity index (χ1n) is 12.8. The van der Waals surface area contributed by atoms with Gasteiger partial charge in [-0.3, -0.25) is 14.7 Å². The first-order valence-corrected chi connectivity index (χ1v) is 14.0. The van der Waals surface area contributed by atoms with Crippen LogP contribution >= 0.6 is 23.4 Å². The van der Waals surface area contributed by atoms with Crippen molar-refractivity contribution < 1.29 is 14.3 Å². The van der Waals surface area contributed by atoms with Gasteiger partial charge in [0.05, 0.1) is 29.2 Å². The minimum Gasteiger partial charge on any atom is -0.493 e. The van der Waals surface area contributed by atoms with Gasteiger partial charge in [-0.25, -0.2) is 0 Å². The van der Waals surface area contributed by atoms with Gasteiger partial charge >= 0.3 is 0 Å². The number of thioether (sulfide) groups is 1. The molecule has 4 rings (SSSR count). The second kappa shape index (κ2) is 11.9. The molecule has 0 unspecified atom stereocenters. The molecule has 1 saturated heterocycles. The predicted octanol–water partition coefficient (Wildman–Crippen LogP) is 7.46. The molecule has 1 atom stereocenters. The maximum absolute atomic E-state index is 13.6. The van der Waals surface area contributed by atoms with Gasteiger partial charge in [0.1, 0.15) is 0 Å². The molecule has 0 N–H and O–H groups in total. The molecule has 0 bridgehead atoms. The fourth-order valence-corrected chi connectivity index (χ4v) is 6.35. The summed E-state index contributed by atoms with van der Waals surface area (Å²) in [6.07, 6.45) is 14.6. The molecule has 34 heavy (non-hydrogen) atoms.